The van der Waals surface area contributed by atoms with Crippen molar-refractivity contribution in [1.82, 2.24) is 5.06 Å². The van der Waals surface area contributed by atoms with Gasteiger partial charge in [0.05, 0.1) is 19.2 Å². The van der Waals surface area contributed by atoms with Crippen LogP contribution in [0, 0.1) is 0 Å². The standard InChI is InChI=1S/C8H14N4O3/c1-8(2,3)15-7(13)12-4-6(5-14-12)10-11-9/h6H,4-5H2,1-3H3. The Bertz CT molecular complexity index is 293. The van der Waals surface area contributed by atoms with Crippen molar-refractivity contribution in [2.45, 2.75) is 32.4 Å². The zero-order valence-electron chi connectivity index (χ0n) is 9.01. The minimum Gasteiger partial charge on any atom is -0.442 e. The smallest absolute Gasteiger partial charge is 0.434 e. The molecule has 0 radical (unpaired) electrons. The second kappa shape index (κ2) is 4.37. The summed E-state index contributed by atoms with van der Waals surface area (Å²) in [5.41, 5.74) is 7.65. The van der Waals surface area contributed by atoms with E-state index in [2.05, 4.69) is 10.0 Å². The van der Waals surface area contributed by atoms with Crippen LogP contribution in [0.1, 0.15) is 20.8 Å². The lowest BCUT2D eigenvalue weighted by atomic mass is 10.2. The topological polar surface area (TPSA) is 87.5 Å². The first kappa shape index (κ1) is 11.6. The Labute approximate surface area is 87.5 Å². The number of hydrogen-bond acceptors (Lipinski definition) is 4. The zero-order chi connectivity index (χ0) is 11.5. The number of carbonyl (C=O) groups excluding carboxylic acids is 1. The van der Waals surface area contributed by atoms with Gasteiger partial charge in [0.2, 0.25) is 0 Å². The summed E-state index contributed by atoms with van der Waals surface area (Å²) < 4.78 is 5.08. The average Bonchev–Trinajstić information content (AvgIpc) is 2.50. The molecule has 7 nitrogen and oxygen atoms in total. The molecule has 0 aromatic heterocycles. The third-order valence-corrected chi connectivity index (χ3v) is 1.61. The van der Waals surface area contributed by atoms with Crippen LogP contribution in [-0.4, -0.2) is 36.0 Å². The van der Waals surface area contributed by atoms with Gasteiger partial charge in [0, 0.05) is 4.91 Å². The highest BCUT2D eigenvalue weighted by Crippen LogP contribution is 2.15. The number of carbonyl (C=O) groups is 1. The number of nitrogens with zero attached hydrogens (tertiary/aromatic N) is 4. The molecule has 1 aliphatic heterocycles. The van der Waals surface area contributed by atoms with Gasteiger partial charge in [-0.05, 0) is 26.3 Å². The van der Waals surface area contributed by atoms with E-state index in [-0.39, 0.29) is 19.2 Å². The normalized spacial score (nSPS) is 21.0. The molecule has 0 aromatic rings. The van der Waals surface area contributed by atoms with Crippen LogP contribution in [-0.2, 0) is 9.57 Å². The third kappa shape index (κ3) is 3.65. The Morgan fingerprint density at radius 1 is 1.67 bits per heavy atom. The number of amides is 1. The molecule has 0 aromatic carbocycles. The molecule has 1 rings (SSSR count). The van der Waals surface area contributed by atoms with Crippen molar-refractivity contribution in [3.05, 3.63) is 10.4 Å². The van der Waals surface area contributed by atoms with Crippen LogP contribution in [0.2, 0.25) is 0 Å². The van der Waals surface area contributed by atoms with Gasteiger partial charge in [0.1, 0.15) is 5.60 Å². The molecule has 1 unspecified atom stereocenters. The number of azide groups is 1. The fourth-order valence-corrected chi connectivity index (χ4v) is 1.06. The van der Waals surface area contributed by atoms with Crippen molar-refractivity contribution in [3.8, 4) is 0 Å². The van der Waals surface area contributed by atoms with Gasteiger partial charge in [-0.25, -0.2) is 4.79 Å². The highest BCUT2D eigenvalue weighted by molar-refractivity contribution is 5.67. The summed E-state index contributed by atoms with van der Waals surface area (Å²) in [7, 11) is 0. The number of rotatable bonds is 1. The minimum absolute atomic E-state index is 0.212. The van der Waals surface area contributed by atoms with E-state index >= 15 is 0 Å². The Morgan fingerprint density at radius 2 is 2.33 bits per heavy atom. The molecule has 0 spiro atoms. The molecule has 1 atom stereocenters. The maximum atomic E-state index is 11.5. The fourth-order valence-electron chi connectivity index (χ4n) is 1.06. The molecule has 15 heavy (non-hydrogen) atoms. The molecule has 7 heteroatoms. The largest absolute Gasteiger partial charge is 0.442 e. The fraction of sp³-hybridized carbons (Fsp3) is 0.875. The zero-order valence-corrected chi connectivity index (χ0v) is 9.01. The summed E-state index contributed by atoms with van der Waals surface area (Å²) in [6.07, 6.45) is -0.557. The molecule has 1 aliphatic rings. The van der Waals surface area contributed by atoms with Crippen LogP contribution in [0.15, 0.2) is 5.11 Å². The molecule has 1 amide bonds. The lowest BCUT2D eigenvalue weighted by molar-refractivity contribution is -0.107. The summed E-state index contributed by atoms with van der Waals surface area (Å²) >= 11 is 0. The maximum absolute atomic E-state index is 11.5. The lowest BCUT2D eigenvalue weighted by Crippen LogP contribution is -2.34. The van der Waals surface area contributed by atoms with E-state index in [1.165, 1.54) is 0 Å². The van der Waals surface area contributed by atoms with E-state index < -0.39 is 11.7 Å². The predicted octanol–water partition coefficient (Wildman–Crippen LogP) is 1.85. The van der Waals surface area contributed by atoms with Gasteiger partial charge in [-0.15, -0.1) is 0 Å². The van der Waals surface area contributed by atoms with Crippen molar-refractivity contribution in [2.75, 3.05) is 13.2 Å². The van der Waals surface area contributed by atoms with Gasteiger partial charge in [-0.2, -0.15) is 5.06 Å². The highest BCUT2D eigenvalue weighted by atomic mass is 16.7. The van der Waals surface area contributed by atoms with E-state index in [1.807, 2.05) is 0 Å². The number of ether oxygens (including phenoxy) is 1. The SMILES string of the molecule is CC(C)(C)OC(=O)N1CC(N=[N+]=[N-])CO1. The van der Waals surface area contributed by atoms with Crippen LogP contribution < -0.4 is 0 Å². The molecule has 84 valence electrons. The summed E-state index contributed by atoms with van der Waals surface area (Å²) in [6.45, 7) is 5.76. The Balaban J connectivity index is 2.47. The summed E-state index contributed by atoms with van der Waals surface area (Å²) in [6, 6.07) is -0.331. The van der Waals surface area contributed by atoms with Crippen molar-refractivity contribution < 1.29 is 14.4 Å². The van der Waals surface area contributed by atoms with Gasteiger partial charge in [-0.1, -0.05) is 5.11 Å². The first-order chi connectivity index (χ1) is 6.92. The quantitative estimate of drug-likeness (QED) is 0.379. The van der Waals surface area contributed by atoms with Gasteiger partial charge >= 0.3 is 6.09 Å². The lowest BCUT2D eigenvalue weighted by Gasteiger charge is -2.23. The molecule has 1 fully saturated rings. The number of hydrogen-bond donors (Lipinski definition) is 0. The molecule has 0 aliphatic carbocycles. The monoisotopic (exact) mass is 214 g/mol. The summed E-state index contributed by atoms with van der Waals surface area (Å²) in [5.74, 6) is 0. The molecule has 0 bridgehead atoms. The molecule has 0 N–H and O–H groups in total. The van der Waals surface area contributed by atoms with E-state index in [1.54, 1.807) is 20.8 Å². The van der Waals surface area contributed by atoms with Gasteiger partial charge in [0.25, 0.3) is 0 Å². The molecule has 1 saturated heterocycles. The van der Waals surface area contributed by atoms with Crippen LogP contribution in [0.5, 0.6) is 0 Å². The second-order valence-electron chi connectivity index (χ2n) is 4.20. The van der Waals surface area contributed by atoms with Gasteiger partial charge < -0.3 is 4.74 Å². The van der Waals surface area contributed by atoms with Gasteiger partial charge in [0.15, 0.2) is 0 Å². The Morgan fingerprint density at radius 3 is 2.87 bits per heavy atom. The average molecular weight is 214 g/mol. The van der Waals surface area contributed by atoms with E-state index in [0.29, 0.717) is 0 Å². The van der Waals surface area contributed by atoms with Crippen LogP contribution in [0.3, 0.4) is 0 Å². The van der Waals surface area contributed by atoms with Crippen molar-refractivity contribution in [3.63, 3.8) is 0 Å². The highest BCUT2D eigenvalue weighted by Gasteiger charge is 2.30. The first-order valence-corrected chi connectivity index (χ1v) is 4.60. The molecular formula is C8H14N4O3. The third-order valence-electron chi connectivity index (χ3n) is 1.61. The van der Waals surface area contributed by atoms with Crippen LogP contribution in [0.4, 0.5) is 4.79 Å². The Kier molecular flexibility index (Phi) is 3.39. The molecule has 0 saturated carbocycles. The molecular weight excluding hydrogens is 200 g/mol. The van der Waals surface area contributed by atoms with Gasteiger partial charge in [-0.3, -0.25) is 4.84 Å². The first-order valence-electron chi connectivity index (χ1n) is 4.60. The van der Waals surface area contributed by atoms with E-state index in [0.717, 1.165) is 5.06 Å². The molecule has 1 heterocycles. The summed E-state index contributed by atoms with van der Waals surface area (Å²) in [5, 5.41) is 4.53. The van der Waals surface area contributed by atoms with Crippen molar-refractivity contribution >= 4 is 6.09 Å². The second-order valence-corrected chi connectivity index (χ2v) is 4.20. The van der Waals surface area contributed by atoms with Crippen LogP contribution in [0.25, 0.3) is 10.4 Å². The van der Waals surface area contributed by atoms with E-state index in [4.69, 9.17) is 15.1 Å². The summed E-state index contributed by atoms with van der Waals surface area (Å²) in [4.78, 5) is 19.1. The number of hydroxylamine groups is 2. The van der Waals surface area contributed by atoms with Crippen molar-refractivity contribution in [2.24, 2.45) is 5.11 Å². The maximum Gasteiger partial charge on any atom is 0.434 e. The minimum atomic E-state index is -0.559. The predicted molar refractivity (Wildman–Crippen MR) is 51.8 cm³/mol. The van der Waals surface area contributed by atoms with E-state index in [9.17, 15) is 4.79 Å². The van der Waals surface area contributed by atoms with Crippen molar-refractivity contribution in [1.29, 1.82) is 0 Å². The van der Waals surface area contributed by atoms with Crippen LogP contribution >= 0.6 is 0 Å². The Hall–Kier alpha value is -1.46.